The fourth-order valence-corrected chi connectivity index (χ4v) is 3.24. The Morgan fingerprint density at radius 1 is 1.25 bits per heavy atom. The molecule has 1 aromatic rings. The molecule has 2 nitrogen and oxygen atoms in total. The van der Waals surface area contributed by atoms with Gasteiger partial charge in [-0.05, 0) is 0 Å². The number of hydrogen-bond acceptors (Lipinski definition) is 2. The molecule has 0 saturated carbocycles. The van der Waals surface area contributed by atoms with Crippen LogP contribution in [-0.2, 0) is 9.53 Å². The van der Waals surface area contributed by atoms with Crippen molar-refractivity contribution < 1.29 is 30.7 Å². The second-order valence-electron chi connectivity index (χ2n) is 3.98. The van der Waals surface area contributed by atoms with Gasteiger partial charge >= 0.3 is 138 Å². The molecule has 1 unspecified atom stereocenters. The Morgan fingerprint density at radius 2 is 2.00 bits per heavy atom. The molecule has 2 rings (SSSR count). The number of carbonyl (C=O) groups is 1. The van der Waals surface area contributed by atoms with E-state index in [0.717, 1.165) is 11.1 Å². The third kappa shape index (κ3) is 4.18. The van der Waals surface area contributed by atoms with Crippen molar-refractivity contribution in [2.45, 2.75) is 4.83 Å². The summed E-state index contributed by atoms with van der Waals surface area (Å²) in [5, 5.41) is 0. The van der Waals surface area contributed by atoms with E-state index in [-0.39, 0.29) is 27.2 Å². The third-order valence-electron chi connectivity index (χ3n) is 2.58. The Balaban J connectivity index is 2.03. The molecule has 1 aromatic carbocycles. The van der Waals surface area contributed by atoms with Gasteiger partial charge in [0.2, 0.25) is 0 Å². The quantitative estimate of drug-likeness (QED) is 0.303. The van der Waals surface area contributed by atoms with Crippen molar-refractivity contribution in [3.63, 3.8) is 0 Å². The van der Waals surface area contributed by atoms with Gasteiger partial charge in [-0.3, -0.25) is 0 Å². The predicted octanol–water partition coefficient (Wildman–Crippen LogP) is 1.24. The molecule has 1 aliphatic heterocycles. The number of ether oxygens (including phenoxy) is 1. The summed E-state index contributed by atoms with van der Waals surface area (Å²) in [5.41, 5.74) is 1.70. The van der Waals surface area contributed by atoms with Crippen molar-refractivity contribution in [1.82, 2.24) is 0 Å². The van der Waals surface area contributed by atoms with Gasteiger partial charge in [-0.15, -0.1) is 0 Å². The first-order valence-electron chi connectivity index (χ1n) is 5.94. The summed E-state index contributed by atoms with van der Waals surface area (Å²) in [6, 6.07) is 9.43. The Labute approximate surface area is 137 Å². The van der Waals surface area contributed by atoms with Crippen molar-refractivity contribution in [2.24, 2.45) is 0 Å². The molecule has 0 radical (unpaired) electrons. The molecule has 0 amide bonds. The topological polar surface area (TPSA) is 26.3 Å². The van der Waals surface area contributed by atoms with Crippen LogP contribution in [0.25, 0.3) is 0 Å². The molecule has 104 valence electrons. The zero-order valence-corrected chi connectivity index (χ0v) is 14.4. The number of halogens is 2. The van der Waals surface area contributed by atoms with E-state index in [4.69, 9.17) is 4.74 Å². The minimum absolute atomic E-state index is 0.0402. The number of allylic oxidation sites excluding steroid dienone is 3. The number of carbonyl (C=O) groups excluding carboxylic acids is 1. The first kappa shape index (κ1) is 15.3. The molecule has 1 aliphatic rings. The van der Waals surface area contributed by atoms with E-state index >= 15 is 0 Å². The molecule has 1 heterocycles. The molecule has 4 heteroatoms. The number of benzene rings is 1. The van der Waals surface area contributed by atoms with Gasteiger partial charge in [0.1, 0.15) is 0 Å². The summed E-state index contributed by atoms with van der Waals surface area (Å²) in [4.78, 5) is 11.6. The number of alkyl halides is 1. The van der Waals surface area contributed by atoms with E-state index in [2.05, 4.69) is 30.7 Å². The van der Waals surface area contributed by atoms with Crippen LogP contribution in [0.2, 0.25) is 0 Å². The SMILES string of the molecule is C=C(OC(=O)C(Br)c1ccccc1)C1=CC=C[I-]C=C1. The maximum absolute atomic E-state index is 12.1. The van der Waals surface area contributed by atoms with Crippen molar-refractivity contribution >= 4 is 21.9 Å². The summed E-state index contributed by atoms with van der Waals surface area (Å²) in [5.74, 6) is 0.0145. The van der Waals surface area contributed by atoms with E-state index < -0.39 is 4.83 Å². The van der Waals surface area contributed by atoms with Gasteiger partial charge in [0.25, 0.3) is 0 Å². The van der Waals surface area contributed by atoms with Crippen molar-refractivity contribution in [1.29, 1.82) is 0 Å². The normalized spacial score (nSPS) is 15.6. The van der Waals surface area contributed by atoms with Gasteiger partial charge in [0.15, 0.2) is 0 Å². The summed E-state index contributed by atoms with van der Waals surface area (Å²) >= 11 is 3.32. The van der Waals surface area contributed by atoms with E-state index in [1.807, 2.05) is 48.6 Å². The minimum atomic E-state index is -0.487. The van der Waals surface area contributed by atoms with Crippen LogP contribution >= 0.6 is 15.9 Å². The Morgan fingerprint density at radius 3 is 2.75 bits per heavy atom. The molecular formula is C16H13BrIO2-. The van der Waals surface area contributed by atoms with Gasteiger partial charge < -0.3 is 0 Å². The van der Waals surface area contributed by atoms with Crippen LogP contribution in [0.3, 0.4) is 0 Å². The third-order valence-corrected chi connectivity index (χ3v) is 5.09. The van der Waals surface area contributed by atoms with Crippen LogP contribution in [0.4, 0.5) is 0 Å². The number of rotatable bonds is 4. The summed E-state index contributed by atoms with van der Waals surface area (Å²) in [6.07, 6.45) is 5.84. The Hall–Kier alpha value is -1.14. The molecule has 20 heavy (non-hydrogen) atoms. The van der Waals surface area contributed by atoms with Crippen LogP contribution in [-0.4, -0.2) is 5.97 Å². The van der Waals surface area contributed by atoms with E-state index in [1.54, 1.807) is 0 Å². The molecule has 1 atom stereocenters. The molecule has 0 saturated heterocycles. The van der Waals surface area contributed by atoms with Crippen molar-refractivity contribution in [2.75, 3.05) is 0 Å². The van der Waals surface area contributed by atoms with Gasteiger partial charge in [-0.25, -0.2) is 0 Å². The first-order valence-corrected chi connectivity index (χ1v) is 9.34. The second kappa shape index (κ2) is 7.59. The number of esters is 1. The van der Waals surface area contributed by atoms with Crippen LogP contribution < -0.4 is 21.2 Å². The van der Waals surface area contributed by atoms with Gasteiger partial charge in [0, 0.05) is 0 Å². The van der Waals surface area contributed by atoms with E-state index in [0.29, 0.717) is 5.76 Å². The zero-order valence-electron chi connectivity index (χ0n) is 10.6. The summed E-state index contributed by atoms with van der Waals surface area (Å²) in [6.45, 7) is 3.83. The number of hydrogen-bond donors (Lipinski definition) is 0. The molecule has 0 fully saturated rings. The van der Waals surface area contributed by atoms with E-state index in [1.165, 1.54) is 0 Å². The fraction of sp³-hybridized carbons (Fsp3) is 0.0625. The molecule has 0 bridgehead atoms. The van der Waals surface area contributed by atoms with Crippen LogP contribution in [0.5, 0.6) is 0 Å². The van der Waals surface area contributed by atoms with E-state index in [9.17, 15) is 4.79 Å². The predicted molar refractivity (Wildman–Crippen MR) is 79.7 cm³/mol. The van der Waals surface area contributed by atoms with Gasteiger partial charge in [0.05, 0.1) is 0 Å². The standard InChI is InChI=1S/C16H13BrIO2/c1-12(13-8-5-10-18-11-9-13)20-16(19)15(17)14-6-3-2-4-7-14/h2-11,15H,1H2/q-1. The Kier molecular flexibility index (Phi) is 5.79. The zero-order chi connectivity index (χ0) is 14.4. The summed E-state index contributed by atoms with van der Waals surface area (Å²) in [7, 11) is 0. The Bertz CT molecular complexity index is 588. The van der Waals surface area contributed by atoms with Crippen molar-refractivity contribution in [3.05, 3.63) is 80.2 Å². The average molecular weight is 444 g/mol. The second-order valence-corrected chi connectivity index (χ2v) is 7.05. The molecular weight excluding hydrogens is 431 g/mol. The molecule has 0 aromatic heterocycles. The molecule has 0 aliphatic carbocycles. The monoisotopic (exact) mass is 443 g/mol. The average Bonchev–Trinajstić information content (AvgIpc) is 2.76. The van der Waals surface area contributed by atoms with Gasteiger partial charge in [-0.2, -0.15) is 0 Å². The van der Waals surface area contributed by atoms with Crippen LogP contribution in [0.1, 0.15) is 10.4 Å². The summed E-state index contributed by atoms with van der Waals surface area (Å²) < 4.78 is 9.58. The molecule has 0 N–H and O–H groups in total. The first-order chi connectivity index (χ1) is 9.68. The maximum atomic E-state index is 12.1. The van der Waals surface area contributed by atoms with Crippen LogP contribution in [0, 0.1) is 0 Å². The van der Waals surface area contributed by atoms with Crippen LogP contribution in [0.15, 0.2) is 74.6 Å². The van der Waals surface area contributed by atoms with Gasteiger partial charge in [-0.1, -0.05) is 0 Å². The fourth-order valence-electron chi connectivity index (χ4n) is 1.56. The van der Waals surface area contributed by atoms with Crippen molar-refractivity contribution in [3.8, 4) is 0 Å². The molecule has 0 spiro atoms.